The fraction of sp³-hybridized carbons (Fsp3) is 0.789. The lowest BCUT2D eigenvalue weighted by atomic mass is 9.91. The van der Waals surface area contributed by atoms with Crippen LogP contribution in [0.4, 0.5) is 0 Å². The maximum Gasteiger partial charge on any atom is 0.322 e. The summed E-state index contributed by atoms with van der Waals surface area (Å²) in [5.74, 6) is -0.0835. The van der Waals surface area contributed by atoms with E-state index in [0.717, 1.165) is 4.32 Å². The zero-order chi connectivity index (χ0) is 22.8. The number of thioether (sulfide) groups is 2. The van der Waals surface area contributed by atoms with Gasteiger partial charge < -0.3 is 19.3 Å². The highest BCUT2D eigenvalue weighted by Gasteiger charge is 2.38. The SMILES string of the molecule is CCC(C)(C)C(=O)OCCC(C)(SC(=S)N(C)C)C(=O)OCCSC(=S)N(C)C. The summed E-state index contributed by atoms with van der Waals surface area (Å²) in [5.41, 5.74) is -0.551. The van der Waals surface area contributed by atoms with Crippen LogP contribution in [0.15, 0.2) is 0 Å². The van der Waals surface area contributed by atoms with Gasteiger partial charge in [0.15, 0.2) is 0 Å². The fourth-order valence-corrected chi connectivity index (χ4v) is 4.00. The molecular weight excluding hydrogens is 448 g/mol. The average molecular weight is 483 g/mol. The van der Waals surface area contributed by atoms with Gasteiger partial charge in [0, 0.05) is 40.4 Å². The Kier molecular flexibility index (Phi) is 12.7. The lowest BCUT2D eigenvalue weighted by Crippen LogP contribution is -2.39. The van der Waals surface area contributed by atoms with Crippen molar-refractivity contribution in [3.8, 4) is 0 Å². The average Bonchev–Trinajstić information content (AvgIpc) is 2.64. The molecule has 0 spiro atoms. The Morgan fingerprint density at radius 1 is 0.897 bits per heavy atom. The summed E-state index contributed by atoms with van der Waals surface area (Å²) >= 11 is 13.3. The largest absolute Gasteiger partial charge is 0.465 e. The first-order valence-electron chi connectivity index (χ1n) is 9.35. The number of esters is 2. The first-order chi connectivity index (χ1) is 13.3. The molecule has 0 saturated carbocycles. The predicted molar refractivity (Wildman–Crippen MR) is 132 cm³/mol. The number of carbonyl (C=O) groups excluding carboxylic acids is 2. The first kappa shape index (κ1) is 28.4. The van der Waals surface area contributed by atoms with E-state index in [1.54, 1.807) is 11.8 Å². The van der Waals surface area contributed by atoms with Crippen molar-refractivity contribution in [3.05, 3.63) is 0 Å². The van der Waals surface area contributed by atoms with E-state index >= 15 is 0 Å². The summed E-state index contributed by atoms with van der Waals surface area (Å²) in [6.07, 6.45) is 0.982. The van der Waals surface area contributed by atoms with E-state index in [0.29, 0.717) is 22.9 Å². The lowest BCUT2D eigenvalue weighted by Gasteiger charge is -2.29. The molecule has 0 bridgehead atoms. The molecule has 0 amide bonds. The van der Waals surface area contributed by atoms with Crippen LogP contribution in [-0.4, -0.2) is 82.3 Å². The van der Waals surface area contributed by atoms with Crippen LogP contribution in [-0.2, 0) is 19.1 Å². The van der Waals surface area contributed by atoms with Crippen molar-refractivity contribution in [2.45, 2.75) is 45.3 Å². The molecule has 0 heterocycles. The Morgan fingerprint density at radius 2 is 1.41 bits per heavy atom. The molecule has 6 nitrogen and oxygen atoms in total. The summed E-state index contributed by atoms with van der Waals surface area (Å²) in [7, 11) is 7.39. The maximum absolute atomic E-state index is 12.8. The smallest absolute Gasteiger partial charge is 0.322 e. The van der Waals surface area contributed by atoms with E-state index in [1.165, 1.54) is 23.5 Å². The topological polar surface area (TPSA) is 59.1 Å². The van der Waals surface area contributed by atoms with E-state index in [4.69, 9.17) is 33.9 Å². The third-order valence-electron chi connectivity index (χ3n) is 4.27. The summed E-state index contributed by atoms with van der Waals surface area (Å²) in [4.78, 5) is 28.6. The molecular formula is C19H34N2O4S4. The van der Waals surface area contributed by atoms with Gasteiger partial charge in [-0.25, -0.2) is 0 Å². The summed E-state index contributed by atoms with van der Waals surface area (Å²) < 4.78 is 11.3. The van der Waals surface area contributed by atoms with Gasteiger partial charge in [0.1, 0.15) is 20.0 Å². The van der Waals surface area contributed by atoms with E-state index in [-0.39, 0.29) is 25.2 Å². The number of rotatable bonds is 10. The van der Waals surface area contributed by atoms with Crippen molar-refractivity contribution < 1.29 is 19.1 Å². The van der Waals surface area contributed by atoms with Crippen LogP contribution in [0.1, 0.15) is 40.5 Å². The molecule has 0 radical (unpaired) electrons. The second kappa shape index (κ2) is 13.0. The van der Waals surface area contributed by atoms with Gasteiger partial charge in [0.25, 0.3) is 0 Å². The molecule has 29 heavy (non-hydrogen) atoms. The highest BCUT2D eigenvalue weighted by atomic mass is 32.2. The molecule has 0 aliphatic rings. The van der Waals surface area contributed by atoms with Crippen molar-refractivity contribution in [2.24, 2.45) is 5.41 Å². The van der Waals surface area contributed by atoms with Crippen molar-refractivity contribution in [1.82, 2.24) is 9.80 Å². The molecule has 0 aromatic carbocycles. The number of nitrogens with zero attached hydrogens (tertiary/aromatic N) is 2. The summed E-state index contributed by atoms with van der Waals surface area (Å²) in [5, 5.41) is 0. The van der Waals surface area contributed by atoms with Crippen molar-refractivity contribution in [3.63, 3.8) is 0 Å². The van der Waals surface area contributed by atoms with Gasteiger partial charge in [-0.15, -0.1) is 0 Å². The van der Waals surface area contributed by atoms with Crippen LogP contribution in [0.2, 0.25) is 0 Å². The molecule has 0 fully saturated rings. The van der Waals surface area contributed by atoms with Gasteiger partial charge in [-0.3, -0.25) is 9.59 Å². The fourth-order valence-electron chi connectivity index (χ4n) is 1.70. The highest BCUT2D eigenvalue weighted by molar-refractivity contribution is 8.24. The normalized spacial score (nSPS) is 13.2. The quantitative estimate of drug-likeness (QED) is 0.261. The first-order valence-corrected chi connectivity index (χ1v) is 12.0. The van der Waals surface area contributed by atoms with Crippen molar-refractivity contribution in [2.75, 3.05) is 47.2 Å². The molecule has 1 atom stereocenters. The monoisotopic (exact) mass is 482 g/mol. The minimum Gasteiger partial charge on any atom is -0.465 e. The van der Waals surface area contributed by atoms with Crippen LogP contribution in [0, 0.1) is 5.41 Å². The van der Waals surface area contributed by atoms with Crippen LogP contribution in [0.5, 0.6) is 0 Å². The maximum atomic E-state index is 12.8. The highest BCUT2D eigenvalue weighted by Crippen LogP contribution is 2.33. The number of hydrogen-bond acceptors (Lipinski definition) is 8. The number of thiocarbonyl (C=S) groups is 2. The van der Waals surface area contributed by atoms with Gasteiger partial charge in [0.05, 0.1) is 12.0 Å². The number of ether oxygens (including phenoxy) is 2. The van der Waals surface area contributed by atoms with E-state index in [2.05, 4.69) is 0 Å². The van der Waals surface area contributed by atoms with E-state index < -0.39 is 10.2 Å². The Labute approximate surface area is 194 Å². The van der Waals surface area contributed by atoms with Gasteiger partial charge in [-0.1, -0.05) is 54.9 Å². The molecule has 0 aromatic heterocycles. The predicted octanol–water partition coefficient (Wildman–Crippen LogP) is 3.82. The molecule has 168 valence electrons. The van der Waals surface area contributed by atoms with Gasteiger partial charge in [-0.2, -0.15) is 0 Å². The summed E-state index contributed by atoms with van der Waals surface area (Å²) in [6.45, 7) is 7.75. The Morgan fingerprint density at radius 3 is 1.90 bits per heavy atom. The molecule has 0 saturated heterocycles. The molecule has 0 aliphatic heterocycles. The Balaban J connectivity index is 4.93. The van der Waals surface area contributed by atoms with Gasteiger partial charge in [0.2, 0.25) is 0 Å². The Hall–Kier alpha value is -0.580. The third kappa shape index (κ3) is 10.3. The van der Waals surface area contributed by atoms with Crippen LogP contribution in [0.3, 0.4) is 0 Å². The molecule has 1 unspecified atom stereocenters. The number of hydrogen-bond donors (Lipinski definition) is 0. The van der Waals surface area contributed by atoms with Gasteiger partial charge >= 0.3 is 11.9 Å². The minimum atomic E-state index is -0.954. The van der Waals surface area contributed by atoms with Crippen molar-refractivity contribution in [1.29, 1.82) is 0 Å². The van der Waals surface area contributed by atoms with E-state index in [1.807, 2.05) is 53.9 Å². The summed E-state index contributed by atoms with van der Waals surface area (Å²) in [6, 6.07) is 0. The molecule has 10 heteroatoms. The zero-order valence-electron chi connectivity index (χ0n) is 18.7. The zero-order valence-corrected chi connectivity index (χ0v) is 22.0. The second-order valence-corrected chi connectivity index (χ2v) is 11.6. The molecule has 0 aliphatic carbocycles. The second-order valence-electron chi connectivity index (χ2n) is 7.76. The Bertz CT molecular complexity index is 597. The number of carbonyl (C=O) groups is 2. The molecule has 0 N–H and O–H groups in total. The molecule has 0 rings (SSSR count). The minimum absolute atomic E-state index is 0.121. The third-order valence-corrected chi connectivity index (χ3v) is 7.94. The van der Waals surface area contributed by atoms with E-state index in [9.17, 15) is 9.59 Å². The molecule has 0 aromatic rings. The standard InChI is InChI=1S/C19H34N2O4S4/c1-9-18(2,3)14(22)24-11-10-19(4,29-17(27)21(7)8)15(23)25-12-13-28-16(26)20(5)6/h9-13H2,1-8H3. The van der Waals surface area contributed by atoms with Crippen LogP contribution < -0.4 is 0 Å². The van der Waals surface area contributed by atoms with Gasteiger partial charge in [-0.05, 0) is 27.2 Å². The lowest BCUT2D eigenvalue weighted by molar-refractivity contribution is -0.156. The van der Waals surface area contributed by atoms with Crippen molar-refractivity contribution >= 4 is 68.5 Å². The van der Waals surface area contributed by atoms with Crippen LogP contribution in [0.25, 0.3) is 0 Å². The van der Waals surface area contributed by atoms with Crippen LogP contribution >= 0.6 is 48.0 Å².